The van der Waals surface area contributed by atoms with E-state index in [0.29, 0.717) is 5.56 Å². The van der Waals surface area contributed by atoms with E-state index in [0.717, 1.165) is 46.8 Å². The van der Waals surface area contributed by atoms with Crippen molar-refractivity contribution in [3.63, 3.8) is 0 Å². The fraction of sp³-hybridized carbons (Fsp3) is 0.306. The van der Waals surface area contributed by atoms with Crippen LogP contribution in [0.25, 0.3) is 21.9 Å². The molecule has 0 bridgehead atoms. The van der Waals surface area contributed by atoms with Gasteiger partial charge in [-0.1, -0.05) is 81.4 Å². The minimum Gasteiger partial charge on any atom is -0.456 e. The first-order valence-electron chi connectivity index (χ1n) is 14.3. The molecule has 0 aliphatic heterocycles. The van der Waals surface area contributed by atoms with Crippen LogP contribution in [-0.4, -0.2) is 14.1 Å². The normalized spacial score (nSPS) is 13.2. The van der Waals surface area contributed by atoms with Crippen molar-refractivity contribution in [2.75, 3.05) is 0 Å². The van der Waals surface area contributed by atoms with Crippen LogP contribution >= 0.6 is 0 Å². The van der Waals surface area contributed by atoms with Crippen LogP contribution in [-0.2, 0) is 23.7 Å². The lowest BCUT2D eigenvalue weighted by Crippen LogP contribution is -2.42. The molecular weight excluding hydrogens is 508 g/mol. The molecule has 1 unspecified atom stereocenters. The Morgan fingerprint density at radius 2 is 1.43 bits per heavy atom. The topological polar surface area (TPSA) is 39.4 Å². The minimum atomic E-state index is -2.09. The Kier molecular flexibility index (Phi) is 7.85. The van der Waals surface area contributed by atoms with Gasteiger partial charge in [0.25, 0.3) is 0 Å². The molecule has 0 saturated heterocycles. The van der Waals surface area contributed by atoms with E-state index in [1.54, 1.807) is 6.92 Å². The van der Waals surface area contributed by atoms with Crippen molar-refractivity contribution >= 4 is 36.0 Å². The molecule has 0 saturated carbocycles. The highest BCUT2D eigenvalue weighted by Gasteiger charge is 2.39. The van der Waals surface area contributed by atoms with Crippen LogP contribution in [0.2, 0.25) is 18.1 Å². The summed E-state index contributed by atoms with van der Waals surface area (Å²) < 4.78 is 13.3. The second-order valence-electron chi connectivity index (χ2n) is 12.5. The van der Waals surface area contributed by atoms with Crippen LogP contribution in [0.4, 0.5) is 0 Å². The summed E-state index contributed by atoms with van der Waals surface area (Å²) in [5, 5.41) is 2.08. The molecule has 4 heteroatoms. The summed E-state index contributed by atoms with van der Waals surface area (Å²) >= 11 is 0. The van der Waals surface area contributed by atoms with E-state index in [9.17, 15) is 4.79 Å². The minimum absolute atomic E-state index is 0.0543. The molecule has 0 aliphatic carbocycles. The number of ketones is 1. The van der Waals surface area contributed by atoms with E-state index in [4.69, 9.17) is 8.84 Å². The molecule has 40 heavy (non-hydrogen) atoms. The molecule has 1 atom stereocenters. The molecule has 5 aromatic rings. The monoisotopic (exact) mass is 548 g/mol. The van der Waals surface area contributed by atoms with Crippen molar-refractivity contribution in [2.45, 2.75) is 71.2 Å². The Bertz CT molecular complexity index is 1640. The highest BCUT2D eigenvalue weighted by Crippen LogP contribution is 2.42. The first-order valence-corrected chi connectivity index (χ1v) is 17.2. The summed E-state index contributed by atoms with van der Waals surface area (Å²) in [4.78, 5) is 12.1. The number of fused-ring (bicyclic) bond motifs is 3. The van der Waals surface area contributed by atoms with Crippen molar-refractivity contribution in [3.8, 4) is 0 Å². The molecule has 0 radical (unpaired) electrons. The van der Waals surface area contributed by atoms with Gasteiger partial charge in [-0.25, -0.2) is 0 Å². The lowest BCUT2D eigenvalue weighted by atomic mass is 9.93. The Labute approximate surface area is 239 Å². The maximum Gasteiger partial charge on any atom is 0.192 e. The zero-order valence-corrected chi connectivity index (χ0v) is 25.6. The molecular formula is C36H40O3Si. The lowest BCUT2D eigenvalue weighted by Gasteiger charge is -2.39. The van der Waals surface area contributed by atoms with Crippen LogP contribution < -0.4 is 0 Å². The van der Waals surface area contributed by atoms with Crippen molar-refractivity contribution in [3.05, 3.63) is 119 Å². The quantitative estimate of drug-likeness (QED) is 0.136. The second kappa shape index (κ2) is 11.2. The zero-order chi connectivity index (χ0) is 28.5. The van der Waals surface area contributed by atoms with Gasteiger partial charge in [0.15, 0.2) is 14.1 Å². The molecule has 0 amide bonds. The molecule has 1 heterocycles. The van der Waals surface area contributed by atoms with E-state index < -0.39 is 8.32 Å². The molecule has 5 rings (SSSR count). The van der Waals surface area contributed by atoms with E-state index in [1.165, 1.54) is 16.7 Å². The van der Waals surface area contributed by atoms with Crippen LogP contribution in [0.1, 0.15) is 66.4 Å². The highest BCUT2D eigenvalue weighted by atomic mass is 28.4. The predicted molar refractivity (Wildman–Crippen MR) is 169 cm³/mol. The van der Waals surface area contributed by atoms with Crippen molar-refractivity contribution in [1.82, 2.24) is 0 Å². The van der Waals surface area contributed by atoms with Gasteiger partial charge in [-0.15, -0.1) is 0 Å². The number of furan rings is 1. The predicted octanol–water partition coefficient (Wildman–Crippen LogP) is 9.88. The molecule has 3 nitrogen and oxygen atoms in total. The summed E-state index contributed by atoms with van der Waals surface area (Å²) in [6, 6.07) is 31.6. The Morgan fingerprint density at radius 3 is 2.10 bits per heavy atom. The number of hydrogen-bond acceptors (Lipinski definition) is 3. The third-order valence-electron chi connectivity index (χ3n) is 8.56. The van der Waals surface area contributed by atoms with Crippen LogP contribution in [0.15, 0.2) is 95.4 Å². The van der Waals surface area contributed by atoms with Gasteiger partial charge in [-0.2, -0.15) is 0 Å². The standard InChI is InChI=1S/C36H40O3Si/c1-25(37)28-18-20-33-31(22-28)32-23-30(19-21-34(32)38-33)35(39-40(5,6)36(2,3)4)24-29-15-11-10-14-27(29)17-16-26-12-8-7-9-13-26/h7-15,18-23,35H,16-17,24H2,1-6H3. The molecule has 206 valence electrons. The van der Waals surface area contributed by atoms with Gasteiger partial charge >= 0.3 is 0 Å². The number of carbonyl (C=O) groups excluding carboxylic acids is 1. The molecule has 0 aliphatic rings. The zero-order valence-electron chi connectivity index (χ0n) is 24.6. The maximum absolute atomic E-state index is 12.1. The largest absolute Gasteiger partial charge is 0.456 e. The van der Waals surface area contributed by atoms with Crippen LogP contribution in [0, 0.1) is 0 Å². The third-order valence-corrected chi connectivity index (χ3v) is 13.1. The maximum atomic E-state index is 12.1. The first kappa shape index (κ1) is 28.1. The molecule has 0 fully saturated rings. The molecule has 1 aromatic heterocycles. The Morgan fingerprint density at radius 1 is 0.800 bits per heavy atom. The van der Waals surface area contributed by atoms with Gasteiger partial charge in [0.1, 0.15) is 11.2 Å². The first-order chi connectivity index (χ1) is 19.0. The van der Waals surface area contributed by atoms with Gasteiger partial charge in [-0.3, -0.25) is 4.79 Å². The number of rotatable bonds is 9. The van der Waals surface area contributed by atoms with E-state index in [-0.39, 0.29) is 16.9 Å². The summed E-state index contributed by atoms with van der Waals surface area (Å²) in [7, 11) is -2.09. The van der Waals surface area contributed by atoms with Gasteiger partial charge < -0.3 is 8.84 Å². The fourth-order valence-corrected chi connectivity index (χ4v) is 6.38. The number of carbonyl (C=O) groups is 1. The smallest absolute Gasteiger partial charge is 0.192 e. The van der Waals surface area contributed by atoms with Gasteiger partial charge in [0.05, 0.1) is 6.10 Å². The highest BCUT2D eigenvalue weighted by molar-refractivity contribution is 6.74. The number of Topliss-reactive ketones (excluding diaryl/α,β-unsaturated/α-hetero) is 1. The van der Waals surface area contributed by atoms with Gasteiger partial charge in [0.2, 0.25) is 0 Å². The fourth-order valence-electron chi connectivity index (χ4n) is 5.10. The average Bonchev–Trinajstić information content (AvgIpc) is 3.29. The molecule has 4 aromatic carbocycles. The summed E-state index contributed by atoms with van der Waals surface area (Å²) in [6.07, 6.45) is 2.71. The summed E-state index contributed by atoms with van der Waals surface area (Å²) in [5.74, 6) is 0.0543. The van der Waals surface area contributed by atoms with E-state index in [2.05, 4.69) is 107 Å². The van der Waals surface area contributed by atoms with Crippen LogP contribution in [0.3, 0.4) is 0 Å². The second-order valence-corrected chi connectivity index (χ2v) is 17.2. The Balaban J connectivity index is 1.54. The Hall–Kier alpha value is -3.47. The van der Waals surface area contributed by atoms with Crippen molar-refractivity contribution < 1.29 is 13.6 Å². The van der Waals surface area contributed by atoms with Crippen LogP contribution in [0.5, 0.6) is 0 Å². The third kappa shape index (κ3) is 5.98. The van der Waals surface area contributed by atoms with Gasteiger partial charge in [0, 0.05) is 22.8 Å². The lowest BCUT2D eigenvalue weighted by molar-refractivity contribution is 0.101. The van der Waals surface area contributed by atoms with E-state index >= 15 is 0 Å². The molecule has 0 spiro atoms. The van der Waals surface area contributed by atoms with E-state index in [1.807, 2.05) is 18.2 Å². The number of aryl methyl sites for hydroxylation is 2. The number of hydrogen-bond donors (Lipinski definition) is 0. The molecule has 0 N–H and O–H groups in total. The number of benzene rings is 4. The SMILES string of the molecule is CC(=O)c1ccc2oc3ccc(C(Cc4ccccc4CCc4ccccc4)O[Si](C)(C)C(C)(C)C)cc3c2c1. The summed E-state index contributed by atoms with van der Waals surface area (Å²) in [5.41, 5.74) is 7.52. The van der Waals surface area contributed by atoms with Gasteiger partial charge in [-0.05, 0) is 90.5 Å². The average molecular weight is 549 g/mol. The van der Waals surface area contributed by atoms with Crippen molar-refractivity contribution in [1.29, 1.82) is 0 Å². The summed E-state index contributed by atoms with van der Waals surface area (Å²) in [6.45, 7) is 13.1. The van der Waals surface area contributed by atoms with Crippen molar-refractivity contribution in [2.24, 2.45) is 0 Å².